The second-order valence-corrected chi connectivity index (χ2v) is 6.19. The number of Topliss-reactive ketones (excluding diaryl/α,β-unsaturated/α-hetero) is 2. The molecule has 0 aliphatic heterocycles. The Kier molecular flexibility index (Phi) is 5.22. The average molecular weight is 330 g/mol. The molecular formula is C19H22O5. The van der Waals surface area contributed by atoms with E-state index in [9.17, 15) is 19.5 Å². The zero-order valence-corrected chi connectivity index (χ0v) is 14.4. The van der Waals surface area contributed by atoms with E-state index in [4.69, 9.17) is 4.74 Å². The van der Waals surface area contributed by atoms with Gasteiger partial charge in [0.25, 0.3) is 0 Å². The molecule has 0 saturated heterocycles. The van der Waals surface area contributed by atoms with Crippen LogP contribution in [0.4, 0.5) is 0 Å². The van der Waals surface area contributed by atoms with E-state index in [2.05, 4.69) is 0 Å². The largest absolute Gasteiger partial charge is 0.511 e. The molecule has 1 aromatic rings. The molecule has 0 heterocycles. The summed E-state index contributed by atoms with van der Waals surface area (Å²) in [4.78, 5) is 35.2. The first-order valence-corrected chi connectivity index (χ1v) is 8.02. The smallest absolute Gasteiger partial charge is 0.308 e. The van der Waals surface area contributed by atoms with Gasteiger partial charge in [-0.05, 0) is 48.6 Å². The summed E-state index contributed by atoms with van der Waals surface area (Å²) < 4.78 is 5.11. The SMILES string of the molecule is CCC(=O)C1=C(O)CC(c2c(C)cc(OC(C)=O)cc2C)CC1=O. The van der Waals surface area contributed by atoms with Crippen molar-refractivity contribution < 1.29 is 24.2 Å². The normalized spacial score (nSPS) is 17.8. The number of rotatable bonds is 4. The second kappa shape index (κ2) is 6.99. The molecule has 1 unspecified atom stereocenters. The minimum absolute atomic E-state index is 0.0411. The van der Waals surface area contributed by atoms with E-state index in [1.54, 1.807) is 19.1 Å². The van der Waals surface area contributed by atoms with Crippen molar-refractivity contribution in [3.63, 3.8) is 0 Å². The number of ether oxygens (including phenoxy) is 1. The summed E-state index contributed by atoms with van der Waals surface area (Å²) in [5, 5.41) is 10.2. The Hall–Kier alpha value is -2.43. The maximum Gasteiger partial charge on any atom is 0.308 e. The van der Waals surface area contributed by atoms with Gasteiger partial charge in [0.2, 0.25) is 0 Å². The van der Waals surface area contributed by atoms with E-state index < -0.39 is 5.97 Å². The first-order chi connectivity index (χ1) is 11.2. The minimum atomic E-state index is -0.391. The molecule has 0 radical (unpaired) electrons. The molecular weight excluding hydrogens is 308 g/mol. The van der Waals surface area contributed by atoms with E-state index >= 15 is 0 Å². The molecule has 1 atom stereocenters. The van der Waals surface area contributed by atoms with Crippen molar-refractivity contribution in [3.8, 4) is 5.75 Å². The lowest BCUT2D eigenvalue weighted by molar-refractivity contribution is -0.132. The topological polar surface area (TPSA) is 80.7 Å². The highest BCUT2D eigenvalue weighted by atomic mass is 16.5. The van der Waals surface area contributed by atoms with E-state index in [0.717, 1.165) is 16.7 Å². The van der Waals surface area contributed by atoms with Gasteiger partial charge in [-0.2, -0.15) is 0 Å². The summed E-state index contributed by atoms with van der Waals surface area (Å²) in [6.45, 7) is 6.78. The summed E-state index contributed by atoms with van der Waals surface area (Å²) in [5.41, 5.74) is 2.69. The molecule has 24 heavy (non-hydrogen) atoms. The Bertz CT molecular complexity index is 719. The minimum Gasteiger partial charge on any atom is -0.511 e. The lowest BCUT2D eigenvalue weighted by Crippen LogP contribution is -2.24. The molecule has 0 aromatic heterocycles. The number of carbonyl (C=O) groups is 3. The quantitative estimate of drug-likeness (QED) is 0.519. The molecule has 5 nitrogen and oxygen atoms in total. The van der Waals surface area contributed by atoms with Gasteiger partial charge in [-0.15, -0.1) is 0 Å². The van der Waals surface area contributed by atoms with Gasteiger partial charge in [0.15, 0.2) is 11.6 Å². The monoisotopic (exact) mass is 330 g/mol. The van der Waals surface area contributed by atoms with Crippen LogP contribution in [-0.4, -0.2) is 22.6 Å². The molecule has 0 fully saturated rings. The number of aliphatic hydroxyl groups is 1. The van der Waals surface area contributed by atoms with Crippen molar-refractivity contribution in [2.75, 3.05) is 0 Å². The number of hydrogen-bond donors (Lipinski definition) is 1. The van der Waals surface area contributed by atoms with Crippen LogP contribution in [0.25, 0.3) is 0 Å². The van der Waals surface area contributed by atoms with E-state index in [-0.39, 0.29) is 48.1 Å². The predicted molar refractivity (Wildman–Crippen MR) is 89.2 cm³/mol. The Labute approximate surface area is 141 Å². The third kappa shape index (κ3) is 3.55. The van der Waals surface area contributed by atoms with Gasteiger partial charge >= 0.3 is 5.97 Å². The summed E-state index contributed by atoms with van der Waals surface area (Å²) in [5.74, 6) is -0.848. The van der Waals surface area contributed by atoms with Crippen molar-refractivity contribution in [1.82, 2.24) is 0 Å². The highest BCUT2D eigenvalue weighted by Gasteiger charge is 2.33. The van der Waals surface area contributed by atoms with Gasteiger partial charge < -0.3 is 9.84 Å². The van der Waals surface area contributed by atoms with Crippen LogP contribution < -0.4 is 4.74 Å². The molecule has 0 bridgehead atoms. The van der Waals surface area contributed by atoms with Crippen molar-refractivity contribution in [1.29, 1.82) is 0 Å². The van der Waals surface area contributed by atoms with Gasteiger partial charge in [-0.3, -0.25) is 14.4 Å². The Morgan fingerprint density at radius 3 is 2.25 bits per heavy atom. The average Bonchev–Trinajstić information content (AvgIpc) is 2.44. The molecule has 5 heteroatoms. The fourth-order valence-electron chi connectivity index (χ4n) is 3.40. The number of aliphatic hydroxyl groups excluding tert-OH is 1. The standard InChI is InChI=1S/C19H22O5/c1-5-15(21)19-16(22)8-13(9-17(19)23)18-10(2)6-14(7-11(18)3)24-12(4)20/h6-7,13,22H,5,8-9H2,1-4H3. The van der Waals surface area contributed by atoms with Gasteiger partial charge in [0, 0.05) is 26.2 Å². The van der Waals surface area contributed by atoms with Crippen LogP contribution in [0.3, 0.4) is 0 Å². The van der Waals surface area contributed by atoms with E-state index in [0.29, 0.717) is 5.75 Å². The third-order valence-corrected chi connectivity index (χ3v) is 4.28. The first-order valence-electron chi connectivity index (χ1n) is 8.02. The van der Waals surface area contributed by atoms with Crippen LogP contribution in [0, 0.1) is 13.8 Å². The van der Waals surface area contributed by atoms with Gasteiger partial charge in [0.05, 0.1) is 5.57 Å². The molecule has 0 spiro atoms. The molecule has 0 saturated carbocycles. The summed E-state index contributed by atoms with van der Waals surface area (Å²) in [6.07, 6.45) is 0.659. The lowest BCUT2D eigenvalue weighted by Gasteiger charge is -2.26. The van der Waals surface area contributed by atoms with Crippen molar-refractivity contribution in [2.24, 2.45) is 0 Å². The molecule has 128 valence electrons. The lowest BCUT2D eigenvalue weighted by atomic mass is 9.78. The Morgan fingerprint density at radius 1 is 1.21 bits per heavy atom. The number of ketones is 2. The van der Waals surface area contributed by atoms with Gasteiger partial charge in [0.1, 0.15) is 11.5 Å². The van der Waals surface area contributed by atoms with Crippen LogP contribution >= 0.6 is 0 Å². The van der Waals surface area contributed by atoms with E-state index in [1.807, 2.05) is 13.8 Å². The Balaban J connectivity index is 2.37. The van der Waals surface area contributed by atoms with Gasteiger partial charge in [-0.1, -0.05) is 6.92 Å². The van der Waals surface area contributed by atoms with Crippen molar-refractivity contribution in [3.05, 3.63) is 40.2 Å². The van der Waals surface area contributed by atoms with Crippen molar-refractivity contribution >= 4 is 17.5 Å². The molecule has 1 N–H and O–H groups in total. The van der Waals surface area contributed by atoms with Crippen LogP contribution in [-0.2, 0) is 14.4 Å². The maximum atomic E-state index is 12.3. The Morgan fingerprint density at radius 2 is 1.79 bits per heavy atom. The summed E-state index contributed by atoms with van der Waals surface area (Å²) in [7, 11) is 0. The zero-order valence-electron chi connectivity index (χ0n) is 14.4. The predicted octanol–water partition coefficient (Wildman–Crippen LogP) is 3.47. The van der Waals surface area contributed by atoms with Crippen LogP contribution in [0.1, 0.15) is 55.7 Å². The second-order valence-electron chi connectivity index (χ2n) is 6.19. The fourth-order valence-corrected chi connectivity index (χ4v) is 3.40. The first kappa shape index (κ1) is 17.9. The van der Waals surface area contributed by atoms with Crippen LogP contribution in [0.15, 0.2) is 23.5 Å². The van der Waals surface area contributed by atoms with Gasteiger partial charge in [-0.25, -0.2) is 0 Å². The zero-order chi connectivity index (χ0) is 18.0. The van der Waals surface area contributed by atoms with Crippen molar-refractivity contribution in [2.45, 2.75) is 52.9 Å². The molecule has 1 aromatic carbocycles. The number of aryl methyl sites for hydroxylation is 2. The number of allylic oxidation sites excluding steroid dienone is 2. The maximum absolute atomic E-state index is 12.3. The summed E-state index contributed by atoms with van der Waals surface area (Å²) in [6, 6.07) is 3.50. The fraction of sp³-hybridized carbons (Fsp3) is 0.421. The number of carbonyl (C=O) groups excluding carboxylic acids is 3. The highest BCUT2D eigenvalue weighted by Crippen LogP contribution is 2.38. The number of esters is 1. The molecule has 1 aliphatic rings. The summed E-state index contributed by atoms with van der Waals surface area (Å²) >= 11 is 0. The number of hydrogen-bond acceptors (Lipinski definition) is 5. The third-order valence-electron chi connectivity index (χ3n) is 4.28. The van der Waals surface area contributed by atoms with Crippen LogP contribution in [0.5, 0.6) is 5.75 Å². The van der Waals surface area contributed by atoms with E-state index in [1.165, 1.54) is 6.92 Å². The molecule has 1 aliphatic carbocycles. The molecule has 0 amide bonds. The highest BCUT2D eigenvalue weighted by molar-refractivity contribution is 6.21. The molecule has 2 rings (SSSR count). The van der Waals surface area contributed by atoms with Crippen LogP contribution in [0.2, 0.25) is 0 Å². The number of benzene rings is 1.